The van der Waals surface area contributed by atoms with Crippen LogP contribution in [0.1, 0.15) is 27.7 Å². The van der Waals surface area contributed by atoms with Crippen molar-refractivity contribution >= 4 is 44.5 Å². The van der Waals surface area contributed by atoms with E-state index in [1.165, 1.54) is 72.7 Å². The first-order chi connectivity index (χ1) is 18.8. The Kier molecular flexibility index (Phi) is 5.50. The van der Waals surface area contributed by atoms with Gasteiger partial charge in [0.25, 0.3) is 0 Å². The zero-order valence-corrected chi connectivity index (χ0v) is 23.5. The molecule has 0 amide bonds. The van der Waals surface area contributed by atoms with Crippen molar-refractivity contribution in [3.05, 3.63) is 115 Å². The molecule has 6 aromatic rings. The lowest BCUT2D eigenvalue weighted by Crippen LogP contribution is -2.27. The van der Waals surface area contributed by atoms with Gasteiger partial charge < -0.3 is 0 Å². The fourth-order valence-corrected chi connectivity index (χ4v) is 7.03. The average Bonchev–Trinajstić information content (AvgIpc) is 3.19. The van der Waals surface area contributed by atoms with Gasteiger partial charge in [0.2, 0.25) is 0 Å². The number of benzene rings is 6. The minimum absolute atomic E-state index is 0.360. The van der Waals surface area contributed by atoms with E-state index >= 15 is 0 Å². The number of hydrogen-bond acceptors (Lipinski definition) is 0. The highest BCUT2D eigenvalue weighted by Gasteiger charge is 2.48. The fraction of sp³-hybridized carbons (Fsp3) is 0.211. The Morgan fingerprint density at radius 1 is 0.410 bits per heavy atom. The van der Waals surface area contributed by atoms with Gasteiger partial charge in [-0.15, -0.1) is 0 Å². The van der Waals surface area contributed by atoms with Crippen LogP contribution < -0.4 is 5.46 Å². The maximum Gasteiger partial charge on any atom is 0.176 e. The van der Waals surface area contributed by atoms with Gasteiger partial charge in [-0.05, 0) is 77.5 Å². The molecule has 190 valence electrons. The molecule has 0 radical (unpaired) electrons. The van der Waals surface area contributed by atoms with Gasteiger partial charge in [0.1, 0.15) is 0 Å². The van der Waals surface area contributed by atoms with Gasteiger partial charge in [0, 0.05) is 0 Å². The molecule has 0 spiro atoms. The molecule has 6 aromatic carbocycles. The molecular formula is C38H35B. The molecule has 0 bridgehead atoms. The van der Waals surface area contributed by atoms with Crippen LogP contribution in [0.4, 0.5) is 0 Å². The monoisotopic (exact) mass is 502 g/mol. The van der Waals surface area contributed by atoms with Gasteiger partial charge in [-0.2, -0.15) is 0 Å². The molecule has 7 rings (SSSR count). The van der Waals surface area contributed by atoms with E-state index in [1.807, 2.05) is 0 Å². The Balaban J connectivity index is 1.31. The molecule has 0 atom stereocenters. The first-order valence-electron chi connectivity index (χ1n) is 14.3. The molecule has 0 unspecified atom stereocenters. The van der Waals surface area contributed by atoms with Crippen molar-refractivity contribution in [1.82, 2.24) is 0 Å². The Labute approximate surface area is 232 Å². The number of fused-ring (bicyclic) bond motifs is 6. The molecule has 1 aliphatic rings. The van der Waals surface area contributed by atoms with Crippen LogP contribution in [0.2, 0.25) is 12.6 Å². The van der Waals surface area contributed by atoms with E-state index in [9.17, 15) is 0 Å². The highest BCUT2D eigenvalue weighted by atomic mass is 14.4. The van der Waals surface area contributed by atoms with Gasteiger partial charge >= 0.3 is 0 Å². The third kappa shape index (κ3) is 3.99. The maximum atomic E-state index is 2.45. The van der Waals surface area contributed by atoms with Crippen LogP contribution in [0.5, 0.6) is 0 Å². The lowest BCUT2D eigenvalue weighted by molar-refractivity contribution is 0.177. The minimum atomic E-state index is 0.360. The summed E-state index contributed by atoms with van der Waals surface area (Å²) < 4.78 is 0. The van der Waals surface area contributed by atoms with Crippen molar-refractivity contribution in [2.75, 3.05) is 0 Å². The predicted molar refractivity (Wildman–Crippen MR) is 172 cm³/mol. The second-order valence-corrected chi connectivity index (χ2v) is 12.9. The molecule has 0 aliphatic carbocycles. The molecule has 0 N–H and O–H groups in total. The third-order valence-corrected chi connectivity index (χ3v) is 9.98. The summed E-state index contributed by atoms with van der Waals surface area (Å²) in [7, 11) is 0. The number of rotatable bonds is 3. The summed E-state index contributed by atoms with van der Waals surface area (Å²) in [5.41, 5.74) is 7.34. The number of hydrogen-bond donors (Lipinski definition) is 0. The van der Waals surface area contributed by atoms with Crippen molar-refractivity contribution in [3.8, 4) is 22.3 Å². The zero-order chi connectivity index (χ0) is 26.8. The molecule has 0 aromatic heterocycles. The summed E-state index contributed by atoms with van der Waals surface area (Å²) in [6.45, 7) is 10.4. The first kappa shape index (κ1) is 24.2. The van der Waals surface area contributed by atoms with E-state index in [0.29, 0.717) is 17.5 Å². The van der Waals surface area contributed by atoms with Crippen molar-refractivity contribution < 1.29 is 0 Å². The molecule has 0 nitrogen and oxygen atoms in total. The maximum absolute atomic E-state index is 2.45. The Hall–Kier alpha value is -3.84. The lowest BCUT2D eigenvalue weighted by Gasteiger charge is -2.35. The van der Waals surface area contributed by atoms with E-state index in [2.05, 4.69) is 143 Å². The quantitative estimate of drug-likeness (QED) is 0.167. The zero-order valence-electron chi connectivity index (χ0n) is 23.5. The predicted octanol–water partition coefficient (Wildman–Crippen LogP) is 10.2. The second-order valence-electron chi connectivity index (χ2n) is 12.9. The van der Waals surface area contributed by atoms with Crippen LogP contribution in [-0.2, 0) is 0 Å². The summed E-state index contributed by atoms with van der Waals surface area (Å²) >= 11 is 0. The summed E-state index contributed by atoms with van der Waals surface area (Å²) in [6, 6.07) is 43.0. The Bertz CT molecular complexity index is 1820. The molecule has 1 heteroatoms. The smallest absolute Gasteiger partial charge is 0.0794 e. The van der Waals surface area contributed by atoms with Crippen LogP contribution in [-0.4, -0.2) is 6.71 Å². The minimum Gasteiger partial charge on any atom is -0.0794 e. The van der Waals surface area contributed by atoms with Gasteiger partial charge in [-0.3, -0.25) is 0 Å². The van der Waals surface area contributed by atoms with Gasteiger partial charge in [-0.25, -0.2) is 0 Å². The first-order valence-corrected chi connectivity index (χ1v) is 14.3. The Morgan fingerprint density at radius 2 is 0.846 bits per heavy atom. The van der Waals surface area contributed by atoms with E-state index in [4.69, 9.17) is 0 Å². The standard InChI is InChI=1S/C38H35B/c1-37(2)24-39(25-38(37,3)4)30-14-10-13-28(22-30)26-11-9-12-27(21-26)29-19-20-35-33-17-6-5-15-31(33)32-16-7-8-18-34(32)36(35)23-29/h5-23H,24-25H2,1-4H3. The molecule has 1 saturated heterocycles. The van der Waals surface area contributed by atoms with Gasteiger partial charge in [0.05, 0.1) is 0 Å². The van der Waals surface area contributed by atoms with Crippen molar-refractivity contribution in [2.24, 2.45) is 10.8 Å². The third-order valence-electron chi connectivity index (χ3n) is 9.98. The summed E-state index contributed by atoms with van der Waals surface area (Å²) in [4.78, 5) is 0. The van der Waals surface area contributed by atoms with E-state index < -0.39 is 0 Å². The average molecular weight is 503 g/mol. The largest absolute Gasteiger partial charge is 0.176 e. The summed E-state index contributed by atoms with van der Waals surface area (Å²) in [5.74, 6) is 0. The van der Waals surface area contributed by atoms with Gasteiger partial charge in [-0.1, -0.05) is 149 Å². The second kappa shape index (κ2) is 8.85. The molecule has 1 heterocycles. The van der Waals surface area contributed by atoms with Gasteiger partial charge in [0.15, 0.2) is 6.71 Å². The van der Waals surface area contributed by atoms with Crippen LogP contribution in [0.15, 0.2) is 115 Å². The van der Waals surface area contributed by atoms with Crippen molar-refractivity contribution in [2.45, 2.75) is 40.3 Å². The molecule has 0 saturated carbocycles. The SMILES string of the molecule is CC1(C)CB(c2cccc(-c3cccc(-c4ccc5c6ccccc6c6ccccc6c5c4)c3)c2)CC1(C)C. The molecule has 39 heavy (non-hydrogen) atoms. The fourth-order valence-electron chi connectivity index (χ4n) is 7.03. The molecule has 1 fully saturated rings. The topological polar surface area (TPSA) is 0 Å². The van der Waals surface area contributed by atoms with E-state index in [0.717, 1.165) is 0 Å². The highest BCUT2D eigenvalue weighted by molar-refractivity contribution is 6.74. The Morgan fingerprint density at radius 3 is 1.41 bits per heavy atom. The van der Waals surface area contributed by atoms with E-state index in [1.54, 1.807) is 0 Å². The molecular weight excluding hydrogens is 467 g/mol. The lowest BCUT2D eigenvalue weighted by atomic mass is 9.42. The van der Waals surface area contributed by atoms with Crippen LogP contribution >= 0.6 is 0 Å². The molecule has 1 aliphatic heterocycles. The normalized spacial score (nSPS) is 16.4. The highest BCUT2D eigenvalue weighted by Crippen LogP contribution is 2.52. The summed E-state index contributed by atoms with van der Waals surface area (Å²) in [5, 5.41) is 7.92. The van der Waals surface area contributed by atoms with Crippen LogP contribution in [0, 0.1) is 10.8 Å². The van der Waals surface area contributed by atoms with E-state index in [-0.39, 0.29) is 0 Å². The van der Waals surface area contributed by atoms with Crippen LogP contribution in [0.25, 0.3) is 54.6 Å². The summed E-state index contributed by atoms with van der Waals surface area (Å²) in [6.07, 6.45) is 2.51. The van der Waals surface area contributed by atoms with Crippen molar-refractivity contribution in [3.63, 3.8) is 0 Å². The van der Waals surface area contributed by atoms with Crippen molar-refractivity contribution in [1.29, 1.82) is 0 Å². The van der Waals surface area contributed by atoms with Crippen LogP contribution in [0.3, 0.4) is 0 Å².